The van der Waals surface area contributed by atoms with Crippen LogP contribution in [-0.2, 0) is 16.0 Å². The molecule has 1 aliphatic heterocycles. The first-order valence-corrected chi connectivity index (χ1v) is 14.4. The number of morpholine rings is 1. The normalized spacial score (nSPS) is 27.3. The number of carbonyl (C=O) groups excluding carboxylic acids is 1. The summed E-state index contributed by atoms with van der Waals surface area (Å²) in [6, 6.07) is 2.83. The van der Waals surface area contributed by atoms with Gasteiger partial charge in [0.1, 0.15) is 10.6 Å². The number of rotatable bonds is 6. The number of allylic oxidation sites excluding steroid dienone is 1. The molecule has 4 aliphatic rings. The molecule has 1 amide bonds. The second-order valence-electron chi connectivity index (χ2n) is 10.8. The Morgan fingerprint density at radius 1 is 1.14 bits per heavy atom. The van der Waals surface area contributed by atoms with Gasteiger partial charge < -0.3 is 15.2 Å². The zero-order valence-electron chi connectivity index (χ0n) is 20.6. The first kappa shape index (κ1) is 23.4. The molecular formula is C28H37N3O3S. The van der Waals surface area contributed by atoms with E-state index in [2.05, 4.69) is 17.0 Å². The molecule has 1 saturated heterocycles. The van der Waals surface area contributed by atoms with E-state index < -0.39 is 0 Å². The summed E-state index contributed by atoms with van der Waals surface area (Å²) in [7, 11) is 0. The summed E-state index contributed by atoms with van der Waals surface area (Å²) < 4.78 is 12.4. The number of nitrogens with zero attached hydrogens (tertiary/aromatic N) is 2. The quantitative estimate of drug-likeness (QED) is 0.597. The second kappa shape index (κ2) is 10.2. The number of hydrogen-bond acceptors (Lipinski definition) is 6. The van der Waals surface area contributed by atoms with Gasteiger partial charge in [0.25, 0.3) is 0 Å². The molecule has 35 heavy (non-hydrogen) atoms. The number of aromatic nitrogens is 1. The van der Waals surface area contributed by atoms with Crippen molar-refractivity contribution < 1.29 is 14.3 Å². The Labute approximate surface area is 211 Å². The fourth-order valence-corrected chi connectivity index (χ4v) is 7.96. The van der Waals surface area contributed by atoms with Gasteiger partial charge in [-0.05, 0) is 81.8 Å². The van der Waals surface area contributed by atoms with Crippen molar-refractivity contribution in [3.63, 3.8) is 0 Å². The molecule has 3 aliphatic carbocycles. The first-order valence-electron chi connectivity index (χ1n) is 13.6. The van der Waals surface area contributed by atoms with Gasteiger partial charge in [-0.15, -0.1) is 11.3 Å². The number of aryl methyl sites for hydroxylation is 1. The number of carbonyl (C=O) groups is 1. The smallest absolute Gasteiger partial charge is 0.218 e. The highest BCUT2D eigenvalue weighted by Crippen LogP contribution is 2.48. The molecule has 2 N–H and O–H groups in total. The lowest BCUT2D eigenvalue weighted by molar-refractivity contribution is -0.118. The minimum Gasteiger partial charge on any atom is -0.490 e. The van der Waals surface area contributed by atoms with Gasteiger partial charge in [0, 0.05) is 36.5 Å². The summed E-state index contributed by atoms with van der Waals surface area (Å²) >= 11 is 1.79. The molecule has 6 rings (SSSR count). The van der Waals surface area contributed by atoms with Crippen LogP contribution in [0.2, 0.25) is 0 Å². The Kier molecular flexibility index (Phi) is 6.82. The molecule has 2 saturated carbocycles. The largest absolute Gasteiger partial charge is 0.490 e. The molecule has 0 bridgehead atoms. The summed E-state index contributed by atoms with van der Waals surface area (Å²) in [4.78, 5) is 21.9. The maximum Gasteiger partial charge on any atom is 0.218 e. The van der Waals surface area contributed by atoms with Gasteiger partial charge in [-0.1, -0.05) is 5.57 Å². The molecule has 3 fully saturated rings. The number of amides is 1. The van der Waals surface area contributed by atoms with Crippen molar-refractivity contribution in [1.82, 2.24) is 9.88 Å². The zero-order chi connectivity index (χ0) is 23.8. The summed E-state index contributed by atoms with van der Waals surface area (Å²) in [6.07, 6.45) is 14.4. The Balaban J connectivity index is 1.28. The van der Waals surface area contributed by atoms with Crippen LogP contribution in [0.1, 0.15) is 86.3 Å². The van der Waals surface area contributed by atoms with Gasteiger partial charge >= 0.3 is 0 Å². The molecule has 0 unspecified atom stereocenters. The van der Waals surface area contributed by atoms with Crippen molar-refractivity contribution >= 4 is 33.5 Å². The number of nitrogens with two attached hydrogens (primary N) is 1. The fraction of sp³-hybridized carbons (Fsp3) is 0.643. The average Bonchev–Trinajstić information content (AvgIpc) is 3.58. The van der Waals surface area contributed by atoms with Crippen LogP contribution < -0.4 is 10.5 Å². The van der Waals surface area contributed by atoms with Crippen LogP contribution in [0.25, 0.3) is 16.3 Å². The van der Waals surface area contributed by atoms with Gasteiger partial charge in [0.15, 0.2) is 0 Å². The van der Waals surface area contributed by atoms with Crippen LogP contribution in [0.3, 0.4) is 0 Å². The molecule has 7 heteroatoms. The Hall–Kier alpha value is -1.96. The van der Waals surface area contributed by atoms with Gasteiger partial charge in [-0.3, -0.25) is 9.69 Å². The summed E-state index contributed by atoms with van der Waals surface area (Å²) in [5, 5.41) is 1.15. The van der Waals surface area contributed by atoms with Crippen molar-refractivity contribution in [3.05, 3.63) is 27.8 Å². The van der Waals surface area contributed by atoms with Gasteiger partial charge in [-0.25, -0.2) is 4.98 Å². The molecular weight excluding hydrogens is 458 g/mol. The van der Waals surface area contributed by atoms with Crippen LogP contribution in [0.4, 0.5) is 0 Å². The highest BCUT2D eigenvalue weighted by atomic mass is 32.1. The fourth-order valence-electron chi connectivity index (χ4n) is 6.66. The van der Waals surface area contributed by atoms with Gasteiger partial charge in [0.05, 0.1) is 30.4 Å². The third kappa shape index (κ3) is 5.00. The maximum absolute atomic E-state index is 11.8. The van der Waals surface area contributed by atoms with E-state index in [1.165, 1.54) is 54.5 Å². The number of hydrogen-bond donors (Lipinski definition) is 1. The molecule has 3 heterocycles. The van der Waals surface area contributed by atoms with Crippen molar-refractivity contribution in [2.45, 2.75) is 88.7 Å². The molecule has 188 valence electrons. The standard InChI is InChI=1S/C28H37N3O3S/c29-25(32)16-19-5-10-24-26(19)27-23(17-20(30-28(27)35-24)15-18-3-1-2-4-18)34-22-8-6-21(7-9-22)31-11-13-33-14-12-31/h15,17,19,21-22H,1-14,16H2,(H2,29,32)/t19-,21?,22?/m1/s1. The number of ether oxygens (including phenoxy) is 2. The zero-order valence-corrected chi connectivity index (χ0v) is 21.4. The van der Waals surface area contributed by atoms with E-state index in [0.29, 0.717) is 12.5 Å². The lowest BCUT2D eigenvalue weighted by atomic mass is 9.91. The van der Waals surface area contributed by atoms with Crippen LogP contribution in [0, 0.1) is 0 Å². The minimum atomic E-state index is -0.221. The van der Waals surface area contributed by atoms with Crippen LogP contribution >= 0.6 is 11.3 Å². The number of primary amides is 1. The maximum atomic E-state index is 11.8. The lowest BCUT2D eigenvalue weighted by Crippen LogP contribution is -2.46. The van der Waals surface area contributed by atoms with E-state index in [0.717, 1.165) is 73.6 Å². The lowest BCUT2D eigenvalue weighted by Gasteiger charge is -2.38. The summed E-state index contributed by atoms with van der Waals surface area (Å²) in [6.45, 7) is 3.84. The van der Waals surface area contributed by atoms with Crippen molar-refractivity contribution in [2.75, 3.05) is 26.3 Å². The molecule has 0 aromatic carbocycles. The SMILES string of the molecule is NC(=O)C[C@H]1CCc2sc3nc(C=C4CCCC4)cc(OC4CCC(N5CCOCC5)CC4)c3c21. The number of fused-ring (bicyclic) bond motifs is 3. The van der Waals surface area contributed by atoms with Crippen LogP contribution in [0.15, 0.2) is 11.6 Å². The molecule has 6 nitrogen and oxygen atoms in total. The number of thiophene rings is 1. The van der Waals surface area contributed by atoms with Gasteiger partial charge in [-0.2, -0.15) is 0 Å². The first-order chi connectivity index (χ1) is 17.1. The van der Waals surface area contributed by atoms with E-state index >= 15 is 0 Å². The minimum absolute atomic E-state index is 0.191. The Bertz CT molecular complexity index is 1100. The Morgan fingerprint density at radius 3 is 2.66 bits per heavy atom. The van der Waals surface area contributed by atoms with E-state index in [1.54, 1.807) is 11.3 Å². The monoisotopic (exact) mass is 495 g/mol. The highest BCUT2D eigenvalue weighted by molar-refractivity contribution is 7.19. The van der Waals surface area contributed by atoms with Crippen molar-refractivity contribution in [3.8, 4) is 5.75 Å². The van der Waals surface area contributed by atoms with E-state index in [4.69, 9.17) is 20.2 Å². The summed E-state index contributed by atoms with van der Waals surface area (Å²) in [5.41, 5.74) is 9.43. The summed E-state index contributed by atoms with van der Waals surface area (Å²) in [5.74, 6) is 0.946. The van der Waals surface area contributed by atoms with E-state index in [-0.39, 0.29) is 17.9 Å². The molecule has 2 aromatic rings. The second-order valence-corrected chi connectivity index (χ2v) is 11.9. The molecule has 0 radical (unpaired) electrons. The molecule has 2 aromatic heterocycles. The van der Waals surface area contributed by atoms with Crippen molar-refractivity contribution in [2.24, 2.45) is 5.73 Å². The molecule has 1 atom stereocenters. The Morgan fingerprint density at radius 2 is 1.91 bits per heavy atom. The number of pyridine rings is 1. The van der Waals surface area contributed by atoms with Crippen LogP contribution in [-0.4, -0.2) is 54.2 Å². The average molecular weight is 496 g/mol. The molecule has 0 spiro atoms. The third-order valence-electron chi connectivity index (χ3n) is 8.43. The predicted octanol–water partition coefficient (Wildman–Crippen LogP) is 5.18. The van der Waals surface area contributed by atoms with E-state index in [1.807, 2.05) is 0 Å². The van der Waals surface area contributed by atoms with E-state index in [9.17, 15) is 4.79 Å². The topological polar surface area (TPSA) is 77.7 Å². The van der Waals surface area contributed by atoms with Gasteiger partial charge in [0.2, 0.25) is 5.91 Å². The van der Waals surface area contributed by atoms with Crippen LogP contribution in [0.5, 0.6) is 5.75 Å². The third-order valence-corrected chi connectivity index (χ3v) is 9.59. The van der Waals surface area contributed by atoms with Crippen molar-refractivity contribution in [1.29, 1.82) is 0 Å². The predicted molar refractivity (Wildman–Crippen MR) is 140 cm³/mol. The highest BCUT2D eigenvalue weighted by Gasteiger charge is 2.33.